The molecule has 0 radical (unpaired) electrons. The molecule has 1 unspecified atom stereocenters. The van der Waals surface area contributed by atoms with Crippen LogP contribution in [-0.2, 0) is 9.53 Å². The average Bonchev–Trinajstić information content (AvgIpc) is 2.27. The molecular weight excluding hydrogens is 218 g/mol. The van der Waals surface area contributed by atoms with Crippen LogP contribution in [0.1, 0.15) is 17.5 Å². The Morgan fingerprint density at radius 3 is 2.76 bits per heavy atom. The van der Waals surface area contributed by atoms with Crippen molar-refractivity contribution in [2.45, 2.75) is 26.4 Å². The van der Waals surface area contributed by atoms with E-state index in [0.29, 0.717) is 6.54 Å². The van der Waals surface area contributed by atoms with Gasteiger partial charge in [-0.05, 0) is 25.5 Å². The fraction of sp³-hybridized carbons (Fsp3) is 0.462. The number of nitrogens with one attached hydrogen (secondary N) is 1. The molecule has 0 aliphatic rings. The van der Waals surface area contributed by atoms with Crippen molar-refractivity contribution in [3.8, 4) is 0 Å². The largest absolute Gasteiger partial charge is 0.469 e. The monoisotopic (exact) mass is 237 g/mol. The van der Waals surface area contributed by atoms with E-state index in [9.17, 15) is 9.90 Å². The van der Waals surface area contributed by atoms with Gasteiger partial charge in [-0.3, -0.25) is 4.79 Å². The second-order valence-corrected chi connectivity index (χ2v) is 4.13. The van der Waals surface area contributed by atoms with Gasteiger partial charge in [-0.15, -0.1) is 0 Å². The number of benzene rings is 1. The summed E-state index contributed by atoms with van der Waals surface area (Å²) in [6.07, 6.45) is -0.725. The van der Waals surface area contributed by atoms with Crippen LogP contribution in [0.2, 0.25) is 0 Å². The third-order valence-electron chi connectivity index (χ3n) is 2.54. The van der Waals surface area contributed by atoms with Crippen molar-refractivity contribution in [2.24, 2.45) is 0 Å². The summed E-state index contributed by atoms with van der Waals surface area (Å²) < 4.78 is 4.49. The molecule has 1 aromatic carbocycles. The number of anilines is 1. The zero-order valence-electron chi connectivity index (χ0n) is 10.5. The molecule has 0 spiro atoms. The summed E-state index contributed by atoms with van der Waals surface area (Å²) in [4.78, 5) is 10.9. The zero-order chi connectivity index (χ0) is 12.8. The predicted molar refractivity (Wildman–Crippen MR) is 67.0 cm³/mol. The number of ether oxygens (including phenoxy) is 1. The highest BCUT2D eigenvalue weighted by Crippen LogP contribution is 2.15. The highest BCUT2D eigenvalue weighted by molar-refractivity contribution is 5.69. The van der Waals surface area contributed by atoms with E-state index in [4.69, 9.17) is 0 Å². The van der Waals surface area contributed by atoms with Crippen molar-refractivity contribution in [3.63, 3.8) is 0 Å². The molecule has 0 aliphatic carbocycles. The minimum atomic E-state index is -0.733. The first-order valence-corrected chi connectivity index (χ1v) is 5.59. The summed E-state index contributed by atoms with van der Waals surface area (Å²) in [7, 11) is 1.31. The molecule has 0 saturated heterocycles. The van der Waals surface area contributed by atoms with E-state index in [1.54, 1.807) is 0 Å². The number of aliphatic hydroxyl groups is 1. The molecule has 0 aromatic heterocycles. The van der Waals surface area contributed by atoms with Crippen LogP contribution in [0, 0.1) is 13.8 Å². The maximum Gasteiger partial charge on any atom is 0.308 e. The molecule has 4 nitrogen and oxygen atoms in total. The van der Waals surface area contributed by atoms with Crippen molar-refractivity contribution in [3.05, 3.63) is 29.3 Å². The zero-order valence-corrected chi connectivity index (χ0v) is 10.5. The first-order chi connectivity index (χ1) is 8.02. The molecule has 94 valence electrons. The number of carbonyl (C=O) groups excluding carboxylic acids is 1. The number of aryl methyl sites for hydroxylation is 2. The van der Waals surface area contributed by atoms with E-state index in [-0.39, 0.29) is 6.42 Å². The number of methoxy groups -OCH3 is 1. The molecule has 0 heterocycles. The van der Waals surface area contributed by atoms with Crippen LogP contribution in [-0.4, -0.2) is 30.8 Å². The molecular formula is C13H19NO3. The number of hydrogen-bond donors (Lipinski definition) is 2. The number of carbonyl (C=O) groups is 1. The summed E-state index contributed by atoms with van der Waals surface area (Å²) in [5.74, 6) is -0.403. The third-order valence-corrected chi connectivity index (χ3v) is 2.54. The standard InChI is InChI=1S/C13H19NO3/c1-9-4-5-12(10(2)6-9)14-8-11(15)7-13(16)17-3/h4-6,11,14-15H,7-8H2,1-3H3. The van der Waals surface area contributed by atoms with Gasteiger partial charge in [-0.1, -0.05) is 17.7 Å². The van der Waals surface area contributed by atoms with E-state index < -0.39 is 12.1 Å². The van der Waals surface area contributed by atoms with E-state index in [2.05, 4.69) is 16.1 Å². The molecule has 17 heavy (non-hydrogen) atoms. The Kier molecular flexibility index (Phi) is 4.97. The smallest absolute Gasteiger partial charge is 0.308 e. The van der Waals surface area contributed by atoms with Gasteiger partial charge in [-0.25, -0.2) is 0 Å². The molecule has 0 amide bonds. The van der Waals surface area contributed by atoms with E-state index in [1.165, 1.54) is 12.7 Å². The topological polar surface area (TPSA) is 58.6 Å². The van der Waals surface area contributed by atoms with Crippen LogP contribution in [0.4, 0.5) is 5.69 Å². The van der Waals surface area contributed by atoms with Gasteiger partial charge < -0.3 is 15.2 Å². The number of hydrogen-bond acceptors (Lipinski definition) is 4. The maximum absolute atomic E-state index is 10.9. The highest BCUT2D eigenvalue weighted by atomic mass is 16.5. The molecule has 0 aliphatic heterocycles. The minimum Gasteiger partial charge on any atom is -0.469 e. The van der Waals surface area contributed by atoms with Gasteiger partial charge in [0, 0.05) is 12.2 Å². The summed E-state index contributed by atoms with van der Waals surface area (Å²) in [5.41, 5.74) is 3.29. The fourth-order valence-electron chi connectivity index (χ4n) is 1.59. The van der Waals surface area contributed by atoms with Gasteiger partial charge in [0.15, 0.2) is 0 Å². The Morgan fingerprint density at radius 2 is 2.18 bits per heavy atom. The van der Waals surface area contributed by atoms with E-state index in [0.717, 1.165) is 11.3 Å². The quantitative estimate of drug-likeness (QED) is 0.764. The first kappa shape index (κ1) is 13.5. The van der Waals surface area contributed by atoms with Gasteiger partial charge in [0.2, 0.25) is 0 Å². The Labute approximate surface area is 102 Å². The van der Waals surface area contributed by atoms with Crippen LogP contribution in [0.3, 0.4) is 0 Å². The van der Waals surface area contributed by atoms with Crippen LogP contribution in [0.25, 0.3) is 0 Å². The lowest BCUT2D eigenvalue weighted by atomic mass is 10.1. The lowest BCUT2D eigenvalue weighted by Gasteiger charge is -2.13. The normalized spacial score (nSPS) is 12.0. The summed E-state index contributed by atoms with van der Waals surface area (Å²) in [6.45, 7) is 4.36. The number of aliphatic hydroxyl groups excluding tert-OH is 1. The van der Waals surface area contributed by atoms with Crippen LogP contribution < -0.4 is 5.32 Å². The van der Waals surface area contributed by atoms with Gasteiger partial charge in [0.05, 0.1) is 19.6 Å². The van der Waals surface area contributed by atoms with Gasteiger partial charge in [0.1, 0.15) is 0 Å². The summed E-state index contributed by atoms with van der Waals surface area (Å²) >= 11 is 0. The third kappa shape index (κ3) is 4.44. The number of esters is 1. The molecule has 4 heteroatoms. The van der Waals surface area contributed by atoms with E-state index in [1.807, 2.05) is 26.0 Å². The maximum atomic E-state index is 10.9. The Morgan fingerprint density at radius 1 is 1.47 bits per heavy atom. The SMILES string of the molecule is COC(=O)CC(O)CNc1ccc(C)cc1C. The summed E-state index contributed by atoms with van der Waals surface area (Å²) in [6, 6.07) is 6.03. The van der Waals surface area contributed by atoms with Crippen LogP contribution >= 0.6 is 0 Å². The van der Waals surface area contributed by atoms with Crippen molar-refractivity contribution >= 4 is 11.7 Å². The minimum absolute atomic E-state index is 0.00834. The first-order valence-electron chi connectivity index (χ1n) is 5.59. The Hall–Kier alpha value is -1.55. The second-order valence-electron chi connectivity index (χ2n) is 4.13. The Balaban J connectivity index is 2.47. The van der Waals surface area contributed by atoms with Gasteiger partial charge in [0.25, 0.3) is 0 Å². The molecule has 1 aromatic rings. The molecule has 0 bridgehead atoms. The Bertz CT molecular complexity index is 390. The predicted octanol–water partition coefficient (Wildman–Crippen LogP) is 1.64. The fourth-order valence-corrected chi connectivity index (χ4v) is 1.59. The summed E-state index contributed by atoms with van der Waals surface area (Å²) in [5, 5.41) is 12.7. The van der Waals surface area contributed by atoms with Crippen molar-refractivity contribution in [1.29, 1.82) is 0 Å². The van der Waals surface area contributed by atoms with Crippen molar-refractivity contribution in [2.75, 3.05) is 19.0 Å². The molecule has 1 rings (SSSR count). The lowest BCUT2D eigenvalue weighted by Crippen LogP contribution is -2.23. The molecule has 1 atom stereocenters. The van der Waals surface area contributed by atoms with Crippen LogP contribution in [0.5, 0.6) is 0 Å². The number of rotatable bonds is 5. The van der Waals surface area contributed by atoms with Crippen molar-refractivity contribution < 1.29 is 14.6 Å². The van der Waals surface area contributed by atoms with Gasteiger partial charge in [-0.2, -0.15) is 0 Å². The highest BCUT2D eigenvalue weighted by Gasteiger charge is 2.10. The average molecular weight is 237 g/mol. The lowest BCUT2D eigenvalue weighted by molar-refractivity contribution is -0.142. The molecule has 0 saturated carbocycles. The van der Waals surface area contributed by atoms with Gasteiger partial charge >= 0.3 is 5.97 Å². The van der Waals surface area contributed by atoms with E-state index >= 15 is 0 Å². The van der Waals surface area contributed by atoms with Crippen LogP contribution in [0.15, 0.2) is 18.2 Å². The molecule has 2 N–H and O–H groups in total. The second kappa shape index (κ2) is 6.25. The molecule has 0 fully saturated rings. The van der Waals surface area contributed by atoms with Crippen molar-refractivity contribution in [1.82, 2.24) is 0 Å².